The van der Waals surface area contributed by atoms with Crippen molar-refractivity contribution in [2.75, 3.05) is 13.1 Å². The Labute approximate surface area is 160 Å². The van der Waals surface area contributed by atoms with Gasteiger partial charge in [0.15, 0.2) is 0 Å². The van der Waals surface area contributed by atoms with Gasteiger partial charge in [-0.3, -0.25) is 14.7 Å². The van der Waals surface area contributed by atoms with Gasteiger partial charge in [0, 0.05) is 19.3 Å². The number of aliphatic hydroxyl groups is 1. The molecule has 0 aliphatic carbocycles. The van der Waals surface area contributed by atoms with Crippen molar-refractivity contribution in [2.24, 2.45) is 0 Å². The molecule has 0 radical (unpaired) electrons. The van der Waals surface area contributed by atoms with Crippen LogP contribution in [0.4, 0.5) is 4.39 Å². The van der Waals surface area contributed by atoms with Gasteiger partial charge in [0.05, 0.1) is 36.2 Å². The van der Waals surface area contributed by atoms with Crippen LogP contribution in [0.5, 0.6) is 0 Å². The summed E-state index contributed by atoms with van der Waals surface area (Å²) in [6, 6.07) is 3.53. The van der Waals surface area contributed by atoms with Crippen molar-refractivity contribution in [3.8, 4) is 0 Å². The monoisotopic (exact) mass is 394 g/mol. The van der Waals surface area contributed by atoms with Crippen LogP contribution in [0.15, 0.2) is 30.6 Å². The summed E-state index contributed by atoms with van der Waals surface area (Å²) >= 11 is 5.73. The van der Waals surface area contributed by atoms with Gasteiger partial charge in [0.1, 0.15) is 5.82 Å². The number of aromatic nitrogens is 2. The average molecular weight is 395 g/mol. The van der Waals surface area contributed by atoms with E-state index in [-0.39, 0.29) is 36.2 Å². The third-order valence-corrected chi connectivity index (χ3v) is 4.82. The molecule has 0 unspecified atom stereocenters. The second-order valence-electron chi connectivity index (χ2n) is 6.58. The molecule has 7 nitrogen and oxygen atoms in total. The van der Waals surface area contributed by atoms with Crippen LogP contribution >= 0.6 is 11.6 Å². The number of benzene rings is 1. The van der Waals surface area contributed by atoms with Crippen LogP contribution in [-0.4, -0.2) is 57.3 Å². The summed E-state index contributed by atoms with van der Waals surface area (Å²) < 4.78 is 13.2. The first-order valence-electron chi connectivity index (χ1n) is 8.59. The largest absolute Gasteiger partial charge is 0.391 e. The van der Waals surface area contributed by atoms with Gasteiger partial charge in [-0.25, -0.2) is 4.39 Å². The highest BCUT2D eigenvalue weighted by Crippen LogP contribution is 2.17. The highest BCUT2D eigenvalue weighted by Gasteiger charge is 2.31. The molecule has 2 amide bonds. The number of hydrogen-bond donors (Lipinski definition) is 3. The van der Waals surface area contributed by atoms with E-state index in [4.69, 9.17) is 11.6 Å². The Balaban J connectivity index is 1.56. The highest BCUT2D eigenvalue weighted by molar-refractivity contribution is 6.30. The van der Waals surface area contributed by atoms with Crippen LogP contribution in [0.2, 0.25) is 5.02 Å². The molecule has 0 spiro atoms. The average Bonchev–Trinajstić information content (AvgIpc) is 3.13. The number of amides is 2. The van der Waals surface area contributed by atoms with Gasteiger partial charge in [-0.2, -0.15) is 5.10 Å². The second kappa shape index (κ2) is 8.49. The summed E-state index contributed by atoms with van der Waals surface area (Å²) in [5.41, 5.74) is 1.34. The minimum Gasteiger partial charge on any atom is -0.391 e. The van der Waals surface area contributed by atoms with Gasteiger partial charge in [-0.05, 0) is 29.7 Å². The molecule has 2 aromatic rings. The quantitative estimate of drug-likeness (QED) is 0.706. The molecule has 144 valence electrons. The molecule has 1 aromatic heterocycles. The van der Waals surface area contributed by atoms with Gasteiger partial charge in [0.2, 0.25) is 11.8 Å². The molecule has 1 saturated heterocycles. The predicted molar refractivity (Wildman–Crippen MR) is 96.5 cm³/mol. The third kappa shape index (κ3) is 5.05. The van der Waals surface area contributed by atoms with E-state index in [1.807, 2.05) is 0 Å². The predicted octanol–water partition coefficient (Wildman–Crippen LogP) is 1.07. The van der Waals surface area contributed by atoms with E-state index < -0.39 is 18.0 Å². The van der Waals surface area contributed by atoms with Crippen LogP contribution in [0.1, 0.15) is 17.5 Å². The third-order valence-electron chi connectivity index (χ3n) is 4.53. The molecule has 9 heteroatoms. The lowest BCUT2D eigenvalue weighted by atomic mass is 10.0. The molecule has 0 bridgehead atoms. The fourth-order valence-electron chi connectivity index (χ4n) is 3.06. The van der Waals surface area contributed by atoms with Crippen molar-refractivity contribution < 1.29 is 19.1 Å². The maximum absolute atomic E-state index is 13.2. The molecule has 1 aliphatic heterocycles. The van der Waals surface area contributed by atoms with Crippen molar-refractivity contribution in [3.05, 3.63) is 52.6 Å². The van der Waals surface area contributed by atoms with Gasteiger partial charge < -0.3 is 15.3 Å². The number of aromatic amines is 1. The Hall–Kier alpha value is -2.45. The van der Waals surface area contributed by atoms with Crippen molar-refractivity contribution in [1.29, 1.82) is 0 Å². The Morgan fingerprint density at radius 2 is 2.19 bits per heavy atom. The first-order chi connectivity index (χ1) is 12.9. The number of hydrogen-bond acceptors (Lipinski definition) is 4. The molecular weight excluding hydrogens is 375 g/mol. The Morgan fingerprint density at radius 3 is 2.89 bits per heavy atom. The summed E-state index contributed by atoms with van der Waals surface area (Å²) in [4.78, 5) is 26.3. The molecule has 1 fully saturated rings. The summed E-state index contributed by atoms with van der Waals surface area (Å²) in [6.45, 7) is 0.658. The van der Waals surface area contributed by atoms with Gasteiger partial charge in [-0.1, -0.05) is 17.7 Å². The smallest absolute Gasteiger partial charge is 0.227 e. The standard InChI is InChI=1S/C18H20ClFN4O3/c19-13-5-11(1-2-14(13)20)6-17(26)23-15-10-24(4-3-16(15)25)18(27)7-12-8-21-22-9-12/h1-2,5,8-9,15-16,25H,3-4,6-7,10H2,(H,21,22)(H,23,26)/t15-,16-/m1/s1. The zero-order valence-corrected chi connectivity index (χ0v) is 15.2. The molecule has 3 N–H and O–H groups in total. The van der Waals surface area contributed by atoms with Crippen LogP contribution in [0.3, 0.4) is 0 Å². The zero-order chi connectivity index (χ0) is 19.4. The van der Waals surface area contributed by atoms with Gasteiger partial charge in [0.25, 0.3) is 0 Å². The number of halogens is 2. The lowest BCUT2D eigenvalue weighted by molar-refractivity contribution is -0.135. The number of carbonyl (C=O) groups is 2. The van der Waals surface area contributed by atoms with E-state index in [0.29, 0.717) is 18.5 Å². The number of nitrogens with zero attached hydrogens (tertiary/aromatic N) is 2. The van der Waals surface area contributed by atoms with Gasteiger partial charge >= 0.3 is 0 Å². The topological polar surface area (TPSA) is 98.3 Å². The Bertz CT molecular complexity index is 815. The number of piperidine rings is 1. The maximum Gasteiger partial charge on any atom is 0.227 e. The van der Waals surface area contributed by atoms with Crippen molar-refractivity contribution in [3.63, 3.8) is 0 Å². The van der Waals surface area contributed by atoms with Crippen molar-refractivity contribution >= 4 is 23.4 Å². The SMILES string of the molecule is O=C(Cc1ccc(F)c(Cl)c1)N[C@@H]1CN(C(=O)Cc2cn[nH]c2)CC[C@H]1O. The van der Waals surface area contributed by atoms with Gasteiger partial charge in [-0.15, -0.1) is 0 Å². The van der Waals surface area contributed by atoms with Crippen molar-refractivity contribution in [2.45, 2.75) is 31.4 Å². The Morgan fingerprint density at radius 1 is 1.37 bits per heavy atom. The second-order valence-corrected chi connectivity index (χ2v) is 6.99. The number of aliphatic hydroxyl groups excluding tert-OH is 1. The minimum atomic E-state index is -0.733. The normalized spacial score (nSPS) is 19.7. The summed E-state index contributed by atoms with van der Waals surface area (Å²) in [5.74, 6) is -0.964. The fraction of sp³-hybridized carbons (Fsp3) is 0.389. The highest BCUT2D eigenvalue weighted by atomic mass is 35.5. The molecular formula is C18H20ClFN4O3. The summed E-state index contributed by atoms with van der Waals surface area (Å²) in [7, 11) is 0. The molecule has 2 heterocycles. The molecule has 3 rings (SSSR count). The first kappa shape index (κ1) is 19.3. The van der Waals surface area contributed by atoms with E-state index in [9.17, 15) is 19.1 Å². The fourth-order valence-corrected chi connectivity index (χ4v) is 3.26. The molecule has 1 aromatic carbocycles. The molecule has 0 saturated carbocycles. The van der Waals surface area contributed by atoms with E-state index in [1.165, 1.54) is 18.2 Å². The number of H-pyrrole nitrogens is 1. The molecule has 2 atom stereocenters. The first-order valence-corrected chi connectivity index (χ1v) is 8.97. The zero-order valence-electron chi connectivity index (χ0n) is 14.5. The van der Waals surface area contributed by atoms with E-state index >= 15 is 0 Å². The lowest BCUT2D eigenvalue weighted by Crippen LogP contribution is -2.56. The Kier molecular flexibility index (Phi) is 6.08. The molecule has 27 heavy (non-hydrogen) atoms. The minimum absolute atomic E-state index is 0.00614. The van der Waals surface area contributed by atoms with Crippen LogP contribution in [0, 0.1) is 5.82 Å². The number of carbonyl (C=O) groups excluding carboxylic acids is 2. The number of nitrogens with one attached hydrogen (secondary N) is 2. The van der Waals surface area contributed by atoms with Crippen LogP contribution in [0.25, 0.3) is 0 Å². The van der Waals surface area contributed by atoms with E-state index in [2.05, 4.69) is 15.5 Å². The van der Waals surface area contributed by atoms with Crippen LogP contribution < -0.4 is 5.32 Å². The maximum atomic E-state index is 13.2. The number of rotatable bonds is 5. The summed E-state index contributed by atoms with van der Waals surface area (Å²) in [6.07, 6.45) is 3.11. The number of likely N-dealkylation sites (tertiary alicyclic amines) is 1. The molecule has 1 aliphatic rings. The van der Waals surface area contributed by atoms with E-state index in [0.717, 1.165) is 5.56 Å². The van der Waals surface area contributed by atoms with Crippen LogP contribution in [-0.2, 0) is 22.4 Å². The summed E-state index contributed by atoms with van der Waals surface area (Å²) in [5, 5.41) is 19.4. The van der Waals surface area contributed by atoms with E-state index in [1.54, 1.807) is 17.3 Å². The lowest BCUT2D eigenvalue weighted by Gasteiger charge is -2.36. The van der Waals surface area contributed by atoms with Crippen molar-refractivity contribution in [1.82, 2.24) is 20.4 Å².